The Morgan fingerprint density at radius 3 is 2.52 bits per heavy atom. The predicted octanol–water partition coefficient (Wildman–Crippen LogP) is 4.00. The molecule has 1 heterocycles. The third-order valence-electron chi connectivity index (χ3n) is 4.17. The lowest BCUT2D eigenvalue weighted by atomic mass is 10.1. The maximum atomic E-state index is 12.6. The van der Waals surface area contributed by atoms with Crippen molar-refractivity contribution in [1.82, 2.24) is 10.6 Å². The number of phenols is 1. The molecule has 0 unspecified atom stereocenters. The molecule has 31 heavy (non-hydrogen) atoms. The number of hydrogen-bond donors (Lipinski definition) is 4. The smallest absolute Gasteiger partial charge is 0.352 e. The van der Waals surface area contributed by atoms with E-state index in [1.165, 1.54) is 41.7 Å². The highest BCUT2D eigenvalue weighted by atomic mass is 79.9. The zero-order chi connectivity index (χ0) is 22.4. The Kier molecular flexibility index (Phi) is 7.22. The van der Waals surface area contributed by atoms with Crippen molar-refractivity contribution in [3.05, 3.63) is 91.7 Å². The molecule has 2 amide bonds. The molecule has 3 aromatic rings. The highest BCUT2D eigenvalue weighted by Crippen LogP contribution is 2.20. The fraction of sp³-hybridized carbons (Fsp3) is 0.0455. The highest BCUT2D eigenvalue weighted by Gasteiger charge is 2.17. The number of aliphatic carboxylic acids is 1. The summed E-state index contributed by atoms with van der Waals surface area (Å²) in [6.45, 7) is 0.225. The van der Waals surface area contributed by atoms with Crippen molar-refractivity contribution < 1.29 is 24.6 Å². The van der Waals surface area contributed by atoms with Crippen LogP contribution in [-0.2, 0) is 11.3 Å². The van der Waals surface area contributed by atoms with Gasteiger partial charge in [0.05, 0.1) is 5.56 Å². The maximum Gasteiger partial charge on any atom is 0.352 e. The Hall–Kier alpha value is -3.43. The lowest BCUT2D eigenvalue weighted by Crippen LogP contribution is -2.28. The number of thiophene rings is 1. The first-order chi connectivity index (χ1) is 14.8. The third-order valence-corrected chi connectivity index (χ3v) is 5.53. The normalized spacial score (nSPS) is 11.1. The van der Waals surface area contributed by atoms with Crippen LogP contribution >= 0.6 is 27.3 Å². The van der Waals surface area contributed by atoms with Gasteiger partial charge in [-0.3, -0.25) is 9.59 Å². The Balaban J connectivity index is 1.69. The summed E-state index contributed by atoms with van der Waals surface area (Å²) in [6.07, 6.45) is 1.37. The summed E-state index contributed by atoms with van der Waals surface area (Å²) in [5.41, 5.74) is 1.64. The summed E-state index contributed by atoms with van der Waals surface area (Å²) in [6, 6.07) is 12.7. The largest absolute Gasteiger partial charge is 0.508 e. The van der Waals surface area contributed by atoms with Crippen molar-refractivity contribution in [3.63, 3.8) is 0 Å². The molecule has 0 aliphatic heterocycles. The zero-order valence-electron chi connectivity index (χ0n) is 16.0. The third kappa shape index (κ3) is 6.03. The van der Waals surface area contributed by atoms with E-state index in [1.807, 2.05) is 0 Å². The molecule has 0 saturated carbocycles. The second-order valence-electron chi connectivity index (χ2n) is 6.42. The first-order valence-electron chi connectivity index (χ1n) is 8.97. The molecule has 0 aliphatic carbocycles. The number of halogens is 1. The zero-order valence-corrected chi connectivity index (χ0v) is 18.4. The fourth-order valence-corrected chi connectivity index (χ4v) is 3.83. The van der Waals surface area contributed by atoms with Gasteiger partial charge in [0, 0.05) is 16.6 Å². The van der Waals surface area contributed by atoms with E-state index in [1.54, 1.807) is 35.0 Å². The van der Waals surface area contributed by atoms with Crippen LogP contribution in [0, 0.1) is 0 Å². The predicted molar refractivity (Wildman–Crippen MR) is 121 cm³/mol. The van der Waals surface area contributed by atoms with Gasteiger partial charge in [0.25, 0.3) is 11.8 Å². The minimum atomic E-state index is -1.27. The number of rotatable bonds is 7. The Morgan fingerprint density at radius 1 is 1.06 bits per heavy atom. The van der Waals surface area contributed by atoms with Crippen LogP contribution in [0.1, 0.15) is 31.8 Å². The molecule has 7 nitrogen and oxygen atoms in total. The van der Waals surface area contributed by atoms with Crippen LogP contribution in [0.4, 0.5) is 0 Å². The van der Waals surface area contributed by atoms with Gasteiger partial charge in [-0.15, -0.1) is 0 Å². The fourth-order valence-electron chi connectivity index (χ4n) is 2.66. The van der Waals surface area contributed by atoms with Gasteiger partial charge in [-0.1, -0.05) is 12.1 Å². The summed E-state index contributed by atoms with van der Waals surface area (Å²) >= 11 is 4.68. The molecule has 0 fully saturated rings. The number of amides is 2. The molecule has 2 aromatic carbocycles. The summed E-state index contributed by atoms with van der Waals surface area (Å²) in [5, 5.41) is 27.5. The van der Waals surface area contributed by atoms with E-state index in [9.17, 15) is 24.6 Å². The number of aromatic hydroxyl groups is 1. The van der Waals surface area contributed by atoms with Crippen LogP contribution in [0.5, 0.6) is 5.75 Å². The number of carboxylic acid groups (broad SMARTS) is 1. The molecule has 4 N–H and O–H groups in total. The molecule has 0 aliphatic rings. The van der Waals surface area contributed by atoms with Gasteiger partial charge in [0.1, 0.15) is 11.4 Å². The average Bonchev–Trinajstić information content (AvgIpc) is 3.24. The first-order valence-corrected chi connectivity index (χ1v) is 10.7. The molecule has 3 rings (SSSR count). The molecule has 0 spiro atoms. The average molecular weight is 501 g/mol. The van der Waals surface area contributed by atoms with Crippen molar-refractivity contribution in [3.8, 4) is 5.75 Å². The van der Waals surface area contributed by atoms with E-state index in [0.717, 1.165) is 5.56 Å². The number of hydrogen-bond acceptors (Lipinski definition) is 5. The van der Waals surface area contributed by atoms with Crippen LogP contribution in [-0.4, -0.2) is 28.0 Å². The van der Waals surface area contributed by atoms with Gasteiger partial charge in [-0.25, -0.2) is 4.79 Å². The summed E-state index contributed by atoms with van der Waals surface area (Å²) < 4.78 is 0.343. The summed E-state index contributed by atoms with van der Waals surface area (Å²) in [4.78, 5) is 36.4. The molecule has 1 aromatic heterocycles. The topological polar surface area (TPSA) is 116 Å². The number of benzene rings is 2. The van der Waals surface area contributed by atoms with Crippen LogP contribution < -0.4 is 10.6 Å². The minimum Gasteiger partial charge on any atom is -0.508 e. The van der Waals surface area contributed by atoms with E-state index >= 15 is 0 Å². The number of phenolic OH excluding ortho intramolecular Hbond substituents is 1. The first kappa shape index (κ1) is 22.3. The van der Waals surface area contributed by atoms with Crippen LogP contribution in [0.3, 0.4) is 0 Å². The molecular formula is C22H17BrN2O5S. The number of carbonyl (C=O) groups excluding carboxylic acids is 2. The molecule has 158 valence electrons. The van der Waals surface area contributed by atoms with Gasteiger partial charge in [-0.05, 0) is 80.3 Å². The van der Waals surface area contributed by atoms with Crippen LogP contribution in [0.2, 0.25) is 0 Å². The molecule has 9 heteroatoms. The van der Waals surface area contributed by atoms with E-state index in [4.69, 9.17) is 0 Å². The van der Waals surface area contributed by atoms with E-state index in [-0.39, 0.29) is 29.5 Å². The standard InChI is InChI=1S/C22H17BrN2O5S/c23-18-10-15(20(27)24-11-13-2-1-3-16(26)8-13)4-5-17(18)21(28)25-19(22(29)30)9-14-6-7-31-12-14/h1-10,12,26H,11H2,(H,24,27)(H,25,28)(H,29,30). The van der Waals surface area contributed by atoms with E-state index in [2.05, 4.69) is 26.6 Å². The maximum absolute atomic E-state index is 12.6. The van der Waals surface area contributed by atoms with Gasteiger partial charge in [0.2, 0.25) is 0 Å². The Morgan fingerprint density at radius 2 is 1.87 bits per heavy atom. The van der Waals surface area contributed by atoms with Crippen LogP contribution in [0.15, 0.2) is 69.5 Å². The molecule has 0 radical (unpaired) electrons. The quantitative estimate of drug-likeness (QED) is 0.366. The highest BCUT2D eigenvalue weighted by molar-refractivity contribution is 9.10. The lowest BCUT2D eigenvalue weighted by Gasteiger charge is -2.10. The molecule has 0 atom stereocenters. The molecule has 0 saturated heterocycles. The molecular weight excluding hydrogens is 484 g/mol. The lowest BCUT2D eigenvalue weighted by molar-refractivity contribution is -0.132. The van der Waals surface area contributed by atoms with Crippen LogP contribution in [0.25, 0.3) is 6.08 Å². The minimum absolute atomic E-state index is 0.110. The van der Waals surface area contributed by atoms with Crippen molar-refractivity contribution in [2.24, 2.45) is 0 Å². The van der Waals surface area contributed by atoms with Crippen molar-refractivity contribution >= 4 is 51.1 Å². The van der Waals surface area contributed by atoms with Crippen molar-refractivity contribution in [2.75, 3.05) is 0 Å². The second-order valence-corrected chi connectivity index (χ2v) is 8.06. The number of nitrogens with one attached hydrogen (secondary N) is 2. The van der Waals surface area contributed by atoms with Gasteiger partial charge >= 0.3 is 5.97 Å². The van der Waals surface area contributed by atoms with Gasteiger partial charge < -0.3 is 20.8 Å². The number of carbonyl (C=O) groups is 3. The molecule has 0 bridgehead atoms. The Labute approximate surface area is 190 Å². The van der Waals surface area contributed by atoms with E-state index in [0.29, 0.717) is 15.6 Å². The van der Waals surface area contributed by atoms with Crippen molar-refractivity contribution in [2.45, 2.75) is 6.54 Å². The monoisotopic (exact) mass is 500 g/mol. The Bertz CT molecular complexity index is 1160. The SMILES string of the molecule is O=C(O)C(=Cc1ccsc1)NC(=O)c1ccc(C(=O)NCc2cccc(O)c2)cc1Br. The second kappa shape index (κ2) is 10.1. The summed E-state index contributed by atoms with van der Waals surface area (Å²) in [5.74, 6) is -2.14. The summed E-state index contributed by atoms with van der Waals surface area (Å²) in [7, 11) is 0. The van der Waals surface area contributed by atoms with E-state index < -0.39 is 11.9 Å². The van der Waals surface area contributed by atoms with Gasteiger partial charge in [-0.2, -0.15) is 11.3 Å². The number of carboxylic acids is 1. The van der Waals surface area contributed by atoms with Gasteiger partial charge in [0.15, 0.2) is 0 Å². The van der Waals surface area contributed by atoms with Crippen molar-refractivity contribution in [1.29, 1.82) is 0 Å².